The van der Waals surface area contributed by atoms with Crippen LogP contribution in [0.1, 0.15) is 25.7 Å². The van der Waals surface area contributed by atoms with E-state index in [4.69, 9.17) is 5.73 Å². The van der Waals surface area contributed by atoms with Gasteiger partial charge in [-0.05, 0) is 47.7 Å². The number of hydrogen-bond acceptors (Lipinski definition) is 4. The number of benzene rings is 1. The minimum atomic E-state index is -0.398. The predicted octanol–water partition coefficient (Wildman–Crippen LogP) is 3.04. The lowest BCUT2D eigenvalue weighted by molar-refractivity contribution is -0.384. The summed E-state index contributed by atoms with van der Waals surface area (Å²) in [5.74, 6) is 0. The highest BCUT2D eigenvalue weighted by Crippen LogP contribution is 2.29. The van der Waals surface area contributed by atoms with Gasteiger partial charge < -0.3 is 11.1 Å². The highest BCUT2D eigenvalue weighted by molar-refractivity contribution is 9.10. The van der Waals surface area contributed by atoms with Crippen molar-refractivity contribution in [2.75, 3.05) is 5.32 Å². The zero-order valence-electron chi connectivity index (χ0n) is 9.93. The molecule has 1 saturated carbocycles. The van der Waals surface area contributed by atoms with Crippen molar-refractivity contribution in [3.05, 3.63) is 32.8 Å². The van der Waals surface area contributed by atoms with E-state index in [0.29, 0.717) is 6.04 Å². The molecule has 0 bridgehead atoms. The number of nitrogens with one attached hydrogen (secondary N) is 1. The summed E-state index contributed by atoms with van der Waals surface area (Å²) in [6.45, 7) is 0. The van der Waals surface area contributed by atoms with Crippen molar-refractivity contribution in [2.45, 2.75) is 37.8 Å². The Morgan fingerprint density at radius 2 is 2.22 bits per heavy atom. The molecule has 0 spiro atoms. The second-order valence-electron chi connectivity index (χ2n) is 4.69. The average Bonchev–Trinajstić information content (AvgIpc) is 2.31. The molecule has 2 unspecified atom stereocenters. The predicted molar refractivity (Wildman–Crippen MR) is 74.7 cm³/mol. The lowest BCUT2D eigenvalue weighted by Crippen LogP contribution is -2.34. The third kappa shape index (κ3) is 3.20. The van der Waals surface area contributed by atoms with E-state index < -0.39 is 4.92 Å². The van der Waals surface area contributed by atoms with E-state index >= 15 is 0 Å². The van der Waals surface area contributed by atoms with Crippen LogP contribution in [0.3, 0.4) is 0 Å². The van der Waals surface area contributed by atoms with Crippen LogP contribution in [0.4, 0.5) is 11.4 Å². The first-order valence-corrected chi connectivity index (χ1v) is 6.81. The van der Waals surface area contributed by atoms with E-state index in [1.54, 1.807) is 6.07 Å². The fourth-order valence-corrected chi connectivity index (χ4v) is 2.79. The van der Waals surface area contributed by atoms with Gasteiger partial charge in [0.1, 0.15) is 0 Å². The van der Waals surface area contributed by atoms with Crippen molar-refractivity contribution >= 4 is 27.3 Å². The van der Waals surface area contributed by atoms with Crippen LogP contribution in [0.25, 0.3) is 0 Å². The Balaban J connectivity index is 2.07. The van der Waals surface area contributed by atoms with E-state index in [0.717, 1.165) is 35.8 Å². The maximum absolute atomic E-state index is 10.6. The van der Waals surface area contributed by atoms with Gasteiger partial charge in [0, 0.05) is 34.4 Å². The van der Waals surface area contributed by atoms with Gasteiger partial charge >= 0.3 is 0 Å². The molecule has 0 radical (unpaired) electrons. The summed E-state index contributed by atoms with van der Waals surface area (Å²) in [4.78, 5) is 10.2. The first-order chi connectivity index (χ1) is 8.56. The SMILES string of the molecule is NC1CCCC(Nc2ccc([N+](=O)[O-])cc2Br)C1. The van der Waals surface area contributed by atoms with E-state index in [2.05, 4.69) is 21.2 Å². The molecule has 18 heavy (non-hydrogen) atoms. The summed E-state index contributed by atoms with van der Waals surface area (Å²) in [5.41, 5.74) is 6.92. The van der Waals surface area contributed by atoms with Crippen LogP contribution in [0, 0.1) is 10.1 Å². The molecule has 6 heteroatoms. The molecule has 1 aliphatic rings. The number of nitrogens with two attached hydrogens (primary N) is 1. The molecule has 0 heterocycles. The van der Waals surface area contributed by atoms with E-state index in [1.807, 2.05) is 0 Å². The van der Waals surface area contributed by atoms with Crippen molar-refractivity contribution in [3.8, 4) is 0 Å². The monoisotopic (exact) mass is 313 g/mol. The Morgan fingerprint density at radius 3 is 2.83 bits per heavy atom. The van der Waals surface area contributed by atoms with Gasteiger partial charge in [-0.1, -0.05) is 0 Å². The zero-order chi connectivity index (χ0) is 13.1. The molecule has 1 aromatic rings. The molecule has 0 aliphatic heterocycles. The Morgan fingerprint density at radius 1 is 1.44 bits per heavy atom. The Kier molecular flexibility index (Phi) is 4.19. The third-order valence-electron chi connectivity index (χ3n) is 3.24. The minimum absolute atomic E-state index is 0.0905. The number of halogens is 1. The van der Waals surface area contributed by atoms with Gasteiger partial charge in [-0.3, -0.25) is 10.1 Å². The maximum Gasteiger partial charge on any atom is 0.270 e. The molecule has 0 amide bonds. The van der Waals surface area contributed by atoms with E-state index in [1.165, 1.54) is 12.1 Å². The first-order valence-electron chi connectivity index (χ1n) is 6.02. The molecule has 3 N–H and O–H groups in total. The first kappa shape index (κ1) is 13.3. The minimum Gasteiger partial charge on any atom is -0.381 e. The lowest BCUT2D eigenvalue weighted by Gasteiger charge is -2.28. The van der Waals surface area contributed by atoms with E-state index in [-0.39, 0.29) is 11.7 Å². The Hall–Kier alpha value is -1.14. The molecule has 2 atom stereocenters. The van der Waals surface area contributed by atoms with Gasteiger partial charge in [0.25, 0.3) is 5.69 Å². The number of non-ortho nitro benzene ring substituents is 1. The number of nitro benzene ring substituents is 1. The summed E-state index contributed by atoms with van der Waals surface area (Å²) in [6, 6.07) is 5.38. The molecule has 1 aliphatic carbocycles. The normalized spacial score (nSPS) is 23.7. The van der Waals surface area contributed by atoms with Crippen LogP contribution in [0.15, 0.2) is 22.7 Å². The summed E-state index contributed by atoms with van der Waals surface area (Å²) >= 11 is 3.36. The van der Waals surface area contributed by atoms with Gasteiger partial charge in [-0.25, -0.2) is 0 Å². The fraction of sp³-hybridized carbons (Fsp3) is 0.500. The van der Waals surface area contributed by atoms with Crippen LogP contribution in [0.2, 0.25) is 0 Å². The number of rotatable bonds is 3. The molecule has 0 saturated heterocycles. The molecule has 1 fully saturated rings. The Labute approximate surface area is 114 Å². The van der Waals surface area contributed by atoms with Crippen molar-refractivity contribution in [2.24, 2.45) is 5.73 Å². The Bertz CT molecular complexity index is 453. The smallest absolute Gasteiger partial charge is 0.270 e. The lowest BCUT2D eigenvalue weighted by atomic mass is 9.91. The van der Waals surface area contributed by atoms with Crippen molar-refractivity contribution in [1.82, 2.24) is 0 Å². The van der Waals surface area contributed by atoms with Crippen molar-refractivity contribution in [1.29, 1.82) is 0 Å². The molecule has 98 valence electrons. The van der Waals surface area contributed by atoms with Gasteiger partial charge in [-0.2, -0.15) is 0 Å². The number of nitro groups is 1. The van der Waals surface area contributed by atoms with Crippen LogP contribution in [-0.2, 0) is 0 Å². The zero-order valence-corrected chi connectivity index (χ0v) is 11.5. The van der Waals surface area contributed by atoms with Crippen LogP contribution in [0.5, 0.6) is 0 Å². The van der Waals surface area contributed by atoms with Crippen LogP contribution >= 0.6 is 15.9 Å². The van der Waals surface area contributed by atoms with Crippen LogP contribution < -0.4 is 11.1 Å². The number of hydrogen-bond donors (Lipinski definition) is 2. The summed E-state index contributed by atoms with van der Waals surface area (Å²) in [6.07, 6.45) is 4.25. The van der Waals surface area contributed by atoms with Crippen molar-refractivity contribution < 1.29 is 4.92 Å². The standard InChI is InChI=1S/C12H16BrN3O2/c13-11-7-10(16(17)18)4-5-12(11)15-9-3-1-2-8(14)6-9/h4-5,7-9,15H,1-3,6,14H2. The van der Waals surface area contributed by atoms with Gasteiger partial charge in [0.2, 0.25) is 0 Å². The molecular formula is C12H16BrN3O2. The summed E-state index contributed by atoms with van der Waals surface area (Å²) < 4.78 is 0.718. The highest BCUT2D eigenvalue weighted by Gasteiger charge is 2.20. The van der Waals surface area contributed by atoms with Gasteiger partial charge in [0.05, 0.1) is 4.92 Å². The number of anilines is 1. The van der Waals surface area contributed by atoms with Crippen LogP contribution in [-0.4, -0.2) is 17.0 Å². The quantitative estimate of drug-likeness (QED) is 0.664. The second kappa shape index (κ2) is 5.67. The molecule has 2 rings (SSSR count). The molecule has 1 aromatic carbocycles. The van der Waals surface area contributed by atoms with Gasteiger partial charge in [-0.15, -0.1) is 0 Å². The third-order valence-corrected chi connectivity index (χ3v) is 3.89. The molecular weight excluding hydrogens is 298 g/mol. The topological polar surface area (TPSA) is 81.2 Å². The number of nitrogens with zero attached hydrogens (tertiary/aromatic N) is 1. The molecule has 0 aromatic heterocycles. The summed E-state index contributed by atoms with van der Waals surface area (Å²) in [5, 5.41) is 14.0. The average molecular weight is 314 g/mol. The highest BCUT2D eigenvalue weighted by atomic mass is 79.9. The second-order valence-corrected chi connectivity index (χ2v) is 5.54. The van der Waals surface area contributed by atoms with E-state index in [9.17, 15) is 10.1 Å². The largest absolute Gasteiger partial charge is 0.381 e. The summed E-state index contributed by atoms with van der Waals surface area (Å²) in [7, 11) is 0. The van der Waals surface area contributed by atoms with Gasteiger partial charge in [0.15, 0.2) is 0 Å². The molecule has 5 nitrogen and oxygen atoms in total. The van der Waals surface area contributed by atoms with Crippen molar-refractivity contribution in [3.63, 3.8) is 0 Å². The fourth-order valence-electron chi connectivity index (χ4n) is 2.31. The maximum atomic E-state index is 10.6.